The van der Waals surface area contributed by atoms with Gasteiger partial charge in [0.1, 0.15) is 6.61 Å². The fourth-order valence-electron chi connectivity index (χ4n) is 3.10. The van der Waals surface area contributed by atoms with Crippen LogP contribution >= 0.6 is 27.7 Å². The summed E-state index contributed by atoms with van der Waals surface area (Å²) in [5.74, 6) is 1.92. The predicted molar refractivity (Wildman–Crippen MR) is 132 cm³/mol. The van der Waals surface area contributed by atoms with E-state index in [9.17, 15) is 4.79 Å². The lowest BCUT2D eigenvalue weighted by Crippen LogP contribution is -2.14. The van der Waals surface area contributed by atoms with Crippen molar-refractivity contribution in [3.63, 3.8) is 0 Å². The summed E-state index contributed by atoms with van der Waals surface area (Å²) >= 11 is 4.72. The monoisotopic (exact) mass is 524 g/mol. The van der Waals surface area contributed by atoms with E-state index in [0.29, 0.717) is 22.5 Å². The van der Waals surface area contributed by atoms with Crippen LogP contribution in [0.5, 0.6) is 11.5 Å². The first-order valence-electron chi connectivity index (χ1n) is 10.1. The average Bonchev–Trinajstić information content (AvgIpc) is 3.25. The largest absolute Gasteiger partial charge is 0.493 e. The van der Waals surface area contributed by atoms with Crippen molar-refractivity contribution in [1.29, 1.82) is 0 Å². The number of para-hydroxylation sites is 3. The number of aromatic nitrogens is 3. The maximum atomic E-state index is 12.5. The number of carbonyl (C=O) groups excluding carboxylic acids is 1. The van der Waals surface area contributed by atoms with Crippen molar-refractivity contribution in [2.45, 2.75) is 11.8 Å². The summed E-state index contributed by atoms with van der Waals surface area (Å²) in [5, 5.41) is 12.1. The van der Waals surface area contributed by atoms with Crippen LogP contribution in [-0.2, 0) is 11.4 Å². The first-order valence-corrected chi connectivity index (χ1v) is 11.9. The number of hydrogen-bond donors (Lipinski definition) is 1. The van der Waals surface area contributed by atoms with Crippen molar-refractivity contribution < 1.29 is 14.3 Å². The van der Waals surface area contributed by atoms with E-state index in [1.54, 1.807) is 7.11 Å². The molecule has 1 amide bonds. The average molecular weight is 525 g/mol. The van der Waals surface area contributed by atoms with Gasteiger partial charge >= 0.3 is 0 Å². The normalized spacial score (nSPS) is 10.6. The van der Waals surface area contributed by atoms with Gasteiger partial charge in [-0.25, -0.2) is 0 Å². The molecule has 0 bridgehead atoms. The number of benzene rings is 3. The molecule has 0 atom stereocenters. The van der Waals surface area contributed by atoms with Crippen molar-refractivity contribution in [1.82, 2.24) is 14.8 Å². The van der Waals surface area contributed by atoms with Crippen LogP contribution < -0.4 is 14.8 Å². The molecule has 0 spiro atoms. The van der Waals surface area contributed by atoms with Crippen molar-refractivity contribution >= 4 is 39.3 Å². The lowest BCUT2D eigenvalue weighted by Gasteiger charge is -2.12. The summed E-state index contributed by atoms with van der Waals surface area (Å²) < 4.78 is 14.1. The minimum absolute atomic E-state index is 0.132. The van der Waals surface area contributed by atoms with Gasteiger partial charge in [-0.1, -0.05) is 64.1 Å². The van der Waals surface area contributed by atoms with Gasteiger partial charge in [-0.15, -0.1) is 10.2 Å². The number of halogens is 1. The zero-order chi connectivity index (χ0) is 23.0. The van der Waals surface area contributed by atoms with E-state index in [0.717, 1.165) is 15.8 Å². The van der Waals surface area contributed by atoms with E-state index in [1.807, 2.05) is 83.4 Å². The van der Waals surface area contributed by atoms with E-state index in [2.05, 4.69) is 31.4 Å². The van der Waals surface area contributed by atoms with Crippen molar-refractivity contribution in [2.24, 2.45) is 0 Å². The lowest BCUT2D eigenvalue weighted by atomic mass is 10.3. The summed E-state index contributed by atoms with van der Waals surface area (Å²) in [7, 11) is 1.60. The molecule has 0 radical (unpaired) electrons. The Morgan fingerprint density at radius 1 is 1.00 bits per heavy atom. The quantitative estimate of drug-likeness (QED) is 0.297. The minimum Gasteiger partial charge on any atom is -0.493 e. The topological polar surface area (TPSA) is 78.3 Å². The van der Waals surface area contributed by atoms with Crippen LogP contribution in [0.25, 0.3) is 5.69 Å². The highest BCUT2D eigenvalue weighted by molar-refractivity contribution is 9.10. The Balaban J connectivity index is 1.50. The minimum atomic E-state index is -0.132. The number of thioether (sulfide) groups is 1. The molecule has 0 aliphatic carbocycles. The number of hydrogen-bond acceptors (Lipinski definition) is 6. The third kappa shape index (κ3) is 5.94. The fraction of sp³-hybridized carbons (Fsp3) is 0.125. The molecule has 4 rings (SSSR count). The Morgan fingerprint density at radius 2 is 1.76 bits per heavy atom. The summed E-state index contributed by atoms with van der Waals surface area (Å²) in [5.41, 5.74) is 1.61. The van der Waals surface area contributed by atoms with Crippen molar-refractivity contribution in [3.05, 3.63) is 89.2 Å². The van der Waals surface area contributed by atoms with Gasteiger partial charge in [-0.2, -0.15) is 0 Å². The summed E-state index contributed by atoms with van der Waals surface area (Å²) in [6, 6.07) is 24.6. The fourth-order valence-corrected chi connectivity index (χ4v) is 4.27. The summed E-state index contributed by atoms with van der Waals surface area (Å²) in [6.45, 7) is 0.188. The highest BCUT2D eigenvalue weighted by atomic mass is 79.9. The van der Waals surface area contributed by atoms with Gasteiger partial charge in [0.25, 0.3) is 0 Å². The zero-order valence-corrected chi connectivity index (χ0v) is 20.2. The Labute approximate surface area is 204 Å². The number of nitrogens with one attached hydrogen (secondary N) is 1. The number of nitrogens with zero attached hydrogens (tertiary/aromatic N) is 3. The van der Waals surface area contributed by atoms with E-state index in [4.69, 9.17) is 9.47 Å². The molecule has 0 saturated heterocycles. The number of methoxy groups -OCH3 is 1. The Kier molecular flexibility index (Phi) is 7.64. The van der Waals surface area contributed by atoms with E-state index in [1.165, 1.54) is 11.8 Å². The summed E-state index contributed by atoms with van der Waals surface area (Å²) in [6.07, 6.45) is 0. The molecule has 0 saturated carbocycles. The van der Waals surface area contributed by atoms with Crippen LogP contribution in [0.4, 0.5) is 5.69 Å². The molecule has 1 aromatic heterocycles. The van der Waals surface area contributed by atoms with Gasteiger partial charge in [-0.3, -0.25) is 9.36 Å². The molecule has 4 aromatic rings. The van der Waals surface area contributed by atoms with Gasteiger partial charge in [0.05, 0.1) is 12.9 Å². The molecule has 1 heterocycles. The highest BCUT2D eigenvalue weighted by Crippen LogP contribution is 2.28. The lowest BCUT2D eigenvalue weighted by molar-refractivity contribution is -0.113. The van der Waals surface area contributed by atoms with E-state index < -0.39 is 0 Å². The number of anilines is 1. The SMILES string of the molecule is COc1ccccc1OCc1nnc(SCC(=O)Nc2cccc(Br)c2)n1-c1ccccc1. The van der Waals surface area contributed by atoms with Gasteiger partial charge in [0, 0.05) is 15.8 Å². The van der Waals surface area contributed by atoms with Gasteiger partial charge < -0.3 is 14.8 Å². The van der Waals surface area contributed by atoms with Crippen LogP contribution in [0.2, 0.25) is 0 Å². The Bertz CT molecular complexity index is 1230. The van der Waals surface area contributed by atoms with E-state index >= 15 is 0 Å². The first-order chi connectivity index (χ1) is 16.1. The van der Waals surface area contributed by atoms with Gasteiger partial charge in [-0.05, 0) is 42.5 Å². The molecule has 0 fully saturated rings. The molecule has 9 heteroatoms. The van der Waals surface area contributed by atoms with Crippen molar-refractivity contribution in [3.8, 4) is 17.2 Å². The second-order valence-corrected chi connectivity index (χ2v) is 8.71. The van der Waals surface area contributed by atoms with Crippen LogP contribution in [0.3, 0.4) is 0 Å². The van der Waals surface area contributed by atoms with Crippen LogP contribution in [0, 0.1) is 0 Å². The third-order valence-corrected chi connectivity index (χ3v) is 6.00. The number of ether oxygens (including phenoxy) is 2. The first kappa shape index (κ1) is 22.9. The molecule has 7 nitrogen and oxygen atoms in total. The zero-order valence-electron chi connectivity index (χ0n) is 17.8. The molecular formula is C24H21BrN4O3S. The molecule has 168 valence electrons. The molecule has 0 aliphatic rings. The number of rotatable bonds is 9. The second kappa shape index (κ2) is 11.0. The molecule has 33 heavy (non-hydrogen) atoms. The maximum absolute atomic E-state index is 12.5. The Hall–Kier alpha value is -3.30. The molecule has 3 aromatic carbocycles. The molecular weight excluding hydrogens is 504 g/mol. The van der Waals surface area contributed by atoms with Crippen LogP contribution in [0.15, 0.2) is 88.5 Å². The molecule has 0 unspecified atom stereocenters. The highest BCUT2D eigenvalue weighted by Gasteiger charge is 2.17. The second-order valence-electron chi connectivity index (χ2n) is 6.86. The van der Waals surface area contributed by atoms with Crippen LogP contribution in [-0.4, -0.2) is 33.5 Å². The Morgan fingerprint density at radius 3 is 2.52 bits per heavy atom. The van der Waals surface area contributed by atoms with Crippen LogP contribution in [0.1, 0.15) is 5.82 Å². The van der Waals surface area contributed by atoms with E-state index in [-0.39, 0.29) is 18.3 Å². The number of carbonyl (C=O) groups is 1. The maximum Gasteiger partial charge on any atom is 0.234 e. The smallest absolute Gasteiger partial charge is 0.234 e. The molecule has 1 N–H and O–H groups in total. The van der Waals surface area contributed by atoms with Gasteiger partial charge in [0.2, 0.25) is 5.91 Å². The predicted octanol–water partition coefficient (Wildman–Crippen LogP) is 5.35. The van der Waals surface area contributed by atoms with Gasteiger partial charge in [0.15, 0.2) is 22.5 Å². The molecule has 0 aliphatic heterocycles. The third-order valence-electron chi connectivity index (χ3n) is 4.58. The van der Waals surface area contributed by atoms with Crippen molar-refractivity contribution in [2.75, 3.05) is 18.2 Å². The summed E-state index contributed by atoms with van der Waals surface area (Å²) in [4.78, 5) is 12.5. The number of amides is 1. The standard InChI is InChI=1S/C24H21BrN4O3S/c1-31-20-12-5-6-13-21(20)32-15-22-27-28-24(29(22)19-10-3-2-4-11-19)33-16-23(30)26-18-9-7-8-17(25)14-18/h2-14H,15-16H2,1H3,(H,26,30).